The molecule has 176 valence electrons. The van der Waals surface area contributed by atoms with Gasteiger partial charge in [0.05, 0.1) is 5.56 Å². The van der Waals surface area contributed by atoms with E-state index < -0.39 is 5.97 Å². The molecule has 5 aromatic rings. The van der Waals surface area contributed by atoms with Gasteiger partial charge in [-0.15, -0.1) is 0 Å². The first kappa shape index (κ1) is 22.7. The van der Waals surface area contributed by atoms with Crippen LogP contribution in [-0.2, 0) is 0 Å². The van der Waals surface area contributed by atoms with E-state index in [0.29, 0.717) is 28.4 Å². The van der Waals surface area contributed by atoms with Gasteiger partial charge in [-0.2, -0.15) is 0 Å². The minimum absolute atomic E-state index is 0.0264. The van der Waals surface area contributed by atoms with Crippen molar-refractivity contribution >= 4 is 5.97 Å². The Hall–Kier alpha value is -5.03. The molecule has 0 atom stereocenters. The highest BCUT2D eigenvalue weighted by Gasteiger charge is 2.28. The van der Waals surface area contributed by atoms with Crippen molar-refractivity contribution in [1.29, 1.82) is 0 Å². The van der Waals surface area contributed by atoms with Gasteiger partial charge in [0.1, 0.15) is 17.2 Å². The lowest BCUT2D eigenvalue weighted by molar-refractivity contribution is 0.0697. The largest absolute Gasteiger partial charge is 0.478 e. The number of hydrogen-bond acceptors (Lipinski definition) is 4. The van der Waals surface area contributed by atoms with Crippen LogP contribution in [-0.4, -0.2) is 11.1 Å². The van der Waals surface area contributed by atoms with Gasteiger partial charge in [0.2, 0.25) is 5.75 Å². The van der Waals surface area contributed by atoms with Crippen LogP contribution in [0, 0.1) is 0 Å². The van der Waals surface area contributed by atoms with Gasteiger partial charge in [-0.25, -0.2) is 4.79 Å². The SMILES string of the molecule is O=C(O)c1cc(Oc2ccccc2)c(Oc2ccccc2)c(Oc2ccccc2)c1-c1ccccc1. The third-order valence-corrected chi connectivity index (χ3v) is 5.39. The minimum atomic E-state index is -1.11. The molecule has 5 heteroatoms. The molecule has 0 amide bonds. The summed E-state index contributed by atoms with van der Waals surface area (Å²) in [7, 11) is 0. The van der Waals surface area contributed by atoms with Gasteiger partial charge in [-0.05, 0) is 42.0 Å². The van der Waals surface area contributed by atoms with Crippen molar-refractivity contribution in [1.82, 2.24) is 0 Å². The maximum atomic E-state index is 12.5. The molecule has 0 heterocycles. The predicted molar refractivity (Wildman–Crippen MR) is 138 cm³/mol. The van der Waals surface area contributed by atoms with Gasteiger partial charge in [0, 0.05) is 11.6 Å². The van der Waals surface area contributed by atoms with Gasteiger partial charge < -0.3 is 19.3 Å². The second-order valence-corrected chi connectivity index (χ2v) is 7.87. The number of benzene rings is 5. The summed E-state index contributed by atoms with van der Waals surface area (Å²) in [6.07, 6.45) is 0. The van der Waals surface area contributed by atoms with E-state index in [4.69, 9.17) is 14.2 Å². The highest BCUT2D eigenvalue weighted by Crippen LogP contribution is 2.51. The van der Waals surface area contributed by atoms with Crippen molar-refractivity contribution in [2.75, 3.05) is 0 Å². The summed E-state index contributed by atoms with van der Waals surface area (Å²) in [4.78, 5) is 12.5. The molecule has 0 unspecified atom stereocenters. The molecule has 0 fully saturated rings. The smallest absolute Gasteiger partial charge is 0.336 e. The van der Waals surface area contributed by atoms with Crippen molar-refractivity contribution in [2.45, 2.75) is 0 Å². The van der Waals surface area contributed by atoms with Crippen LogP contribution in [0.1, 0.15) is 10.4 Å². The first-order valence-electron chi connectivity index (χ1n) is 11.4. The van der Waals surface area contributed by atoms with E-state index in [9.17, 15) is 9.90 Å². The molecule has 0 saturated carbocycles. The minimum Gasteiger partial charge on any atom is -0.478 e. The first-order valence-corrected chi connectivity index (χ1v) is 11.4. The fourth-order valence-corrected chi connectivity index (χ4v) is 3.77. The topological polar surface area (TPSA) is 65.0 Å². The molecule has 0 aliphatic heterocycles. The number of ether oxygens (including phenoxy) is 3. The molecule has 0 saturated heterocycles. The summed E-state index contributed by atoms with van der Waals surface area (Å²) < 4.78 is 18.9. The summed E-state index contributed by atoms with van der Waals surface area (Å²) in [6.45, 7) is 0. The van der Waals surface area contributed by atoms with E-state index in [1.54, 1.807) is 24.3 Å². The number of carboxylic acids is 1. The zero-order valence-corrected chi connectivity index (χ0v) is 19.2. The van der Waals surface area contributed by atoms with E-state index in [1.165, 1.54) is 6.07 Å². The molecule has 0 aromatic heterocycles. The lowest BCUT2D eigenvalue weighted by Crippen LogP contribution is -2.05. The fraction of sp³-hybridized carbons (Fsp3) is 0. The summed E-state index contributed by atoms with van der Waals surface area (Å²) in [6, 6.07) is 38.2. The van der Waals surface area contributed by atoms with Crippen molar-refractivity contribution in [3.63, 3.8) is 0 Å². The van der Waals surface area contributed by atoms with Crippen LogP contribution in [0.25, 0.3) is 11.1 Å². The van der Waals surface area contributed by atoms with Gasteiger partial charge >= 0.3 is 5.97 Å². The van der Waals surface area contributed by atoms with Gasteiger partial charge in [-0.1, -0.05) is 84.9 Å². The summed E-state index contributed by atoms with van der Waals surface area (Å²) in [5, 5.41) is 10.2. The summed E-state index contributed by atoms with van der Waals surface area (Å²) in [5.74, 6) is 1.21. The molecule has 36 heavy (non-hydrogen) atoms. The molecule has 0 aliphatic rings. The number of rotatable bonds is 8. The maximum Gasteiger partial charge on any atom is 0.336 e. The molecule has 5 nitrogen and oxygen atoms in total. The van der Waals surface area contributed by atoms with E-state index in [1.807, 2.05) is 97.1 Å². The van der Waals surface area contributed by atoms with Crippen molar-refractivity contribution in [3.8, 4) is 45.6 Å². The second-order valence-electron chi connectivity index (χ2n) is 7.87. The number of hydrogen-bond donors (Lipinski definition) is 1. The lowest BCUT2D eigenvalue weighted by Gasteiger charge is -2.21. The van der Waals surface area contributed by atoms with Gasteiger partial charge in [-0.3, -0.25) is 0 Å². The van der Waals surface area contributed by atoms with Crippen LogP contribution < -0.4 is 14.2 Å². The Balaban J connectivity index is 1.79. The van der Waals surface area contributed by atoms with E-state index in [2.05, 4.69) is 0 Å². The van der Waals surface area contributed by atoms with Crippen LogP contribution >= 0.6 is 0 Å². The predicted octanol–water partition coefficient (Wildman–Crippen LogP) is 8.43. The molecule has 5 aromatic carbocycles. The summed E-state index contributed by atoms with van der Waals surface area (Å²) >= 11 is 0. The fourth-order valence-electron chi connectivity index (χ4n) is 3.77. The number of aromatic carboxylic acids is 1. The van der Waals surface area contributed by atoms with E-state index in [-0.39, 0.29) is 22.8 Å². The Kier molecular flexibility index (Phi) is 6.63. The number of carbonyl (C=O) groups is 1. The molecule has 5 rings (SSSR count). The molecule has 1 N–H and O–H groups in total. The van der Waals surface area contributed by atoms with Crippen LogP contribution in [0.3, 0.4) is 0 Å². The normalized spacial score (nSPS) is 10.4. The molecule has 0 radical (unpaired) electrons. The zero-order chi connectivity index (χ0) is 24.7. The third kappa shape index (κ3) is 5.05. The van der Waals surface area contributed by atoms with Gasteiger partial charge in [0.25, 0.3) is 0 Å². The highest BCUT2D eigenvalue weighted by atomic mass is 16.5. The van der Waals surface area contributed by atoms with Gasteiger partial charge in [0.15, 0.2) is 11.5 Å². The highest BCUT2D eigenvalue weighted by molar-refractivity contribution is 6.00. The third-order valence-electron chi connectivity index (χ3n) is 5.39. The molecular formula is C31H22O5. The van der Waals surface area contributed by atoms with Crippen LogP contribution in [0.5, 0.6) is 34.5 Å². The van der Waals surface area contributed by atoms with Crippen molar-refractivity contribution in [2.24, 2.45) is 0 Å². The maximum absolute atomic E-state index is 12.5. The summed E-state index contributed by atoms with van der Waals surface area (Å²) in [5.41, 5.74) is 1.08. The Morgan fingerprint density at radius 1 is 0.528 bits per heavy atom. The monoisotopic (exact) mass is 474 g/mol. The molecule has 0 spiro atoms. The number of para-hydroxylation sites is 3. The quantitative estimate of drug-likeness (QED) is 0.244. The Morgan fingerprint density at radius 3 is 1.42 bits per heavy atom. The molecule has 0 bridgehead atoms. The van der Waals surface area contributed by atoms with Crippen LogP contribution in [0.2, 0.25) is 0 Å². The van der Waals surface area contributed by atoms with E-state index in [0.717, 1.165) is 0 Å². The molecule has 0 aliphatic carbocycles. The number of carboxylic acid groups (broad SMARTS) is 1. The molecular weight excluding hydrogens is 452 g/mol. The standard InChI is InChI=1S/C31H22O5/c32-31(33)26-21-27(34-23-15-7-2-8-16-23)29(35-24-17-9-3-10-18-24)30(36-25-19-11-4-12-20-25)28(26)22-13-5-1-6-14-22/h1-21H,(H,32,33). The Labute approximate surface area is 208 Å². The van der Waals surface area contributed by atoms with Crippen LogP contribution in [0.15, 0.2) is 127 Å². The van der Waals surface area contributed by atoms with Crippen molar-refractivity contribution < 1.29 is 24.1 Å². The average Bonchev–Trinajstić information content (AvgIpc) is 2.92. The lowest BCUT2D eigenvalue weighted by atomic mass is 9.97. The van der Waals surface area contributed by atoms with Crippen LogP contribution in [0.4, 0.5) is 0 Å². The van der Waals surface area contributed by atoms with Crippen molar-refractivity contribution in [3.05, 3.63) is 133 Å². The second kappa shape index (κ2) is 10.5. The Morgan fingerprint density at radius 2 is 0.944 bits per heavy atom. The average molecular weight is 475 g/mol. The first-order chi connectivity index (χ1) is 17.7. The Bertz CT molecular complexity index is 1450. The van der Waals surface area contributed by atoms with E-state index >= 15 is 0 Å². The zero-order valence-electron chi connectivity index (χ0n) is 19.2.